The highest BCUT2D eigenvalue weighted by atomic mass is 35.5. The quantitative estimate of drug-likeness (QED) is 0.305. The normalized spacial score (nSPS) is 12.6. The van der Waals surface area contributed by atoms with Crippen LogP contribution in [0.1, 0.15) is 55.8 Å². The molecule has 0 spiro atoms. The molecule has 13 heteroatoms. The molecule has 34 heavy (non-hydrogen) atoms. The molecule has 0 fully saturated rings. The van der Waals surface area contributed by atoms with Crippen LogP contribution in [0.25, 0.3) is 22.7 Å². The first kappa shape index (κ1) is 23.5. The molecular weight excluding hydrogens is 462 g/mol. The Hall–Kier alpha value is -3.64. The summed E-state index contributed by atoms with van der Waals surface area (Å²) in [6, 6.07) is 1.14. The Bertz CT molecular complexity index is 1330. The summed E-state index contributed by atoms with van der Waals surface area (Å²) in [6.45, 7) is 7.96. The lowest BCUT2D eigenvalue weighted by molar-refractivity contribution is 0.0928. The molecular formula is C21H24ClN9O3. The average Bonchev–Trinajstić information content (AvgIpc) is 3.44. The monoisotopic (exact) mass is 485 g/mol. The summed E-state index contributed by atoms with van der Waals surface area (Å²) >= 11 is 6.24. The number of aliphatic hydroxyl groups is 1. The molecule has 0 aliphatic rings. The fraction of sp³-hybridized carbons (Fsp3) is 0.381. The van der Waals surface area contributed by atoms with Crippen molar-refractivity contribution in [3.8, 4) is 11.5 Å². The largest absolute Gasteiger partial charge is 0.395 e. The number of imidazole rings is 1. The van der Waals surface area contributed by atoms with Crippen molar-refractivity contribution in [2.45, 2.75) is 39.2 Å². The number of fused-ring (bicyclic) bond motifs is 1. The van der Waals surface area contributed by atoms with Crippen LogP contribution in [-0.2, 0) is 5.41 Å². The third kappa shape index (κ3) is 4.82. The lowest BCUT2D eigenvalue weighted by atomic mass is 9.96. The van der Waals surface area contributed by atoms with E-state index < -0.39 is 11.9 Å². The predicted octanol–water partition coefficient (Wildman–Crippen LogP) is 2.64. The highest BCUT2D eigenvalue weighted by Crippen LogP contribution is 2.25. The van der Waals surface area contributed by atoms with E-state index >= 15 is 0 Å². The van der Waals surface area contributed by atoms with Gasteiger partial charge in [-0.3, -0.25) is 4.79 Å². The summed E-state index contributed by atoms with van der Waals surface area (Å²) in [4.78, 5) is 37.2. The molecule has 0 aliphatic carbocycles. The summed E-state index contributed by atoms with van der Waals surface area (Å²) in [6.07, 6.45) is 2.91. The van der Waals surface area contributed by atoms with Crippen LogP contribution in [-0.4, -0.2) is 59.2 Å². The first-order chi connectivity index (χ1) is 16.2. The van der Waals surface area contributed by atoms with Crippen LogP contribution >= 0.6 is 11.6 Å². The van der Waals surface area contributed by atoms with E-state index in [0.717, 1.165) is 0 Å². The van der Waals surface area contributed by atoms with Crippen LogP contribution < -0.4 is 10.6 Å². The predicted molar refractivity (Wildman–Crippen MR) is 124 cm³/mol. The molecule has 0 bridgehead atoms. The summed E-state index contributed by atoms with van der Waals surface area (Å²) in [5.41, 5.74) is 1.46. The van der Waals surface area contributed by atoms with Crippen molar-refractivity contribution < 1.29 is 14.4 Å². The van der Waals surface area contributed by atoms with Gasteiger partial charge in [-0.2, -0.15) is 0 Å². The van der Waals surface area contributed by atoms with E-state index in [-0.39, 0.29) is 35.1 Å². The Kier molecular flexibility index (Phi) is 6.44. The van der Waals surface area contributed by atoms with Crippen molar-refractivity contribution in [3.05, 3.63) is 40.9 Å². The molecule has 0 aliphatic heterocycles. The number of hydrogen-bond donors (Lipinski definition) is 4. The van der Waals surface area contributed by atoms with E-state index in [1.807, 2.05) is 20.8 Å². The molecule has 0 radical (unpaired) electrons. The number of H-pyrrole nitrogens is 1. The van der Waals surface area contributed by atoms with Gasteiger partial charge >= 0.3 is 0 Å². The summed E-state index contributed by atoms with van der Waals surface area (Å²) in [5.74, 6) is 1.32. The Morgan fingerprint density at radius 3 is 2.79 bits per heavy atom. The molecule has 0 saturated heterocycles. The molecule has 0 unspecified atom stereocenters. The zero-order valence-electron chi connectivity index (χ0n) is 19.0. The molecule has 4 heterocycles. The van der Waals surface area contributed by atoms with Crippen LogP contribution in [0.2, 0.25) is 5.02 Å². The maximum absolute atomic E-state index is 12.7. The molecule has 0 saturated carbocycles. The number of amides is 1. The van der Waals surface area contributed by atoms with Gasteiger partial charge < -0.3 is 25.2 Å². The number of aliphatic hydroxyl groups excluding tert-OH is 1. The Balaban J connectivity index is 1.51. The minimum absolute atomic E-state index is 0.00536. The molecule has 178 valence electrons. The lowest BCUT2D eigenvalue weighted by Crippen LogP contribution is -2.28. The van der Waals surface area contributed by atoms with Gasteiger partial charge in [0.2, 0.25) is 0 Å². The van der Waals surface area contributed by atoms with Gasteiger partial charge in [0, 0.05) is 18.0 Å². The number of carbonyl (C=O) groups is 1. The first-order valence-corrected chi connectivity index (χ1v) is 10.9. The second-order valence-electron chi connectivity index (χ2n) is 8.61. The van der Waals surface area contributed by atoms with E-state index in [2.05, 4.69) is 45.7 Å². The van der Waals surface area contributed by atoms with E-state index in [1.165, 1.54) is 6.33 Å². The molecule has 0 aromatic carbocycles. The van der Waals surface area contributed by atoms with Crippen molar-refractivity contribution in [3.63, 3.8) is 0 Å². The molecule has 4 N–H and O–H groups in total. The van der Waals surface area contributed by atoms with Gasteiger partial charge in [-0.15, -0.1) is 0 Å². The zero-order chi connectivity index (χ0) is 24.5. The van der Waals surface area contributed by atoms with E-state index in [1.54, 1.807) is 19.2 Å². The first-order valence-electron chi connectivity index (χ1n) is 10.5. The number of halogens is 1. The number of aromatic nitrogens is 7. The molecule has 1 atom stereocenters. The molecule has 4 rings (SSSR count). The summed E-state index contributed by atoms with van der Waals surface area (Å²) in [7, 11) is 0. The average molecular weight is 486 g/mol. The second kappa shape index (κ2) is 9.31. The van der Waals surface area contributed by atoms with Crippen LogP contribution in [0.15, 0.2) is 23.1 Å². The van der Waals surface area contributed by atoms with Crippen LogP contribution in [0, 0.1) is 0 Å². The number of anilines is 1. The second-order valence-corrected chi connectivity index (χ2v) is 8.99. The van der Waals surface area contributed by atoms with Crippen LogP contribution in [0.4, 0.5) is 5.82 Å². The molecule has 4 aromatic rings. The van der Waals surface area contributed by atoms with Gasteiger partial charge in [-0.25, -0.2) is 24.9 Å². The van der Waals surface area contributed by atoms with Crippen molar-refractivity contribution in [1.29, 1.82) is 0 Å². The maximum atomic E-state index is 12.7. The van der Waals surface area contributed by atoms with E-state index in [9.17, 15) is 4.79 Å². The van der Waals surface area contributed by atoms with Gasteiger partial charge in [-0.1, -0.05) is 37.5 Å². The number of carbonyl (C=O) groups excluding carboxylic acids is 1. The molecule has 12 nitrogen and oxygen atoms in total. The van der Waals surface area contributed by atoms with Gasteiger partial charge in [0.25, 0.3) is 5.91 Å². The number of hydrogen-bond acceptors (Lipinski definition) is 10. The maximum Gasteiger partial charge on any atom is 0.272 e. The Morgan fingerprint density at radius 2 is 2.06 bits per heavy atom. The van der Waals surface area contributed by atoms with Gasteiger partial charge in [0.05, 0.1) is 18.8 Å². The van der Waals surface area contributed by atoms with E-state index in [4.69, 9.17) is 21.2 Å². The summed E-state index contributed by atoms with van der Waals surface area (Å²) < 4.78 is 5.43. The van der Waals surface area contributed by atoms with Crippen LogP contribution in [0.5, 0.6) is 0 Å². The smallest absolute Gasteiger partial charge is 0.272 e. The number of rotatable bonds is 7. The highest BCUT2D eigenvalue weighted by Gasteiger charge is 2.23. The van der Waals surface area contributed by atoms with Crippen molar-refractivity contribution in [2.24, 2.45) is 0 Å². The van der Waals surface area contributed by atoms with Gasteiger partial charge in [0.15, 0.2) is 22.9 Å². The van der Waals surface area contributed by atoms with Crippen LogP contribution in [0.3, 0.4) is 0 Å². The van der Waals surface area contributed by atoms with Crippen molar-refractivity contribution in [1.82, 2.24) is 40.4 Å². The van der Waals surface area contributed by atoms with Gasteiger partial charge in [0.1, 0.15) is 34.2 Å². The Labute approximate surface area is 199 Å². The Morgan fingerprint density at radius 1 is 1.26 bits per heavy atom. The number of aromatic amines is 1. The zero-order valence-corrected chi connectivity index (χ0v) is 19.8. The topological polar surface area (TPSA) is 168 Å². The third-order valence-corrected chi connectivity index (χ3v) is 5.22. The number of nitrogens with zero attached hydrogens (tertiary/aromatic N) is 6. The minimum atomic E-state index is -0.537. The lowest BCUT2D eigenvalue weighted by Gasteiger charge is -2.15. The van der Waals surface area contributed by atoms with E-state index in [0.29, 0.717) is 34.3 Å². The molecule has 1 amide bonds. The SMILES string of the molecule is C[C@@H](NC(=O)c1ncnc(NCCO)c1Cl)c1cc(-c2nc3nc(C(C)(C)C)ncc3[nH]2)no1. The minimum Gasteiger partial charge on any atom is -0.395 e. The summed E-state index contributed by atoms with van der Waals surface area (Å²) in [5, 5.41) is 18.7. The van der Waals surface area contributed by atoms with Crippen molar-refractivity contribution in [2.75, 3.05) is 18.5 Å². The van der Waals surface area contributed by atoms with Crippen molar-refractivity contribution >= 4 is 34.5 Å². The fourth-order valence-corrected chi connectivity index (χ4v) is 3.31. The molecule has 4 aromatic heterocycles. The third-order valence-electron chi connectivity index (χ3n) is 4.86. The number of nitrogens with one attached hydrogen (secondary N) is 3. The standard InChI is InChI=1S/C21H24ClN9O3/c1-10(27-19(33)15-14(22)18(23-5-6-32)26-9-25-15)13-7-11(31-34-13)16-28-12-8-24-20(21(2,3)4)30-17(12)29-16/h7-10,32H,5-6H2,1-4H3,(H,27,33)(H,23,25,26)(H,24,28,29,30)/t10-/m1/s1. The van der Waals surface area contributed by atoms with Gasteiger partial charge in [-0.05, 0) is 6.92 Å². The fourth-order valence-electron chi connectivity index (χ4n) is 3.06. The highest BCUT2D eigenvalue weighted by molar-refractivity contribution is 6.35.